The Kier molecular flexibility index (Phi) is 6.22. The summed E-state index contributed by atoms with van der Waals surface area (Å²) in [6.45, 7) is 4.00. The number of terminal acetylenes is 1. The van der Waals surface area contributed by atoms with E-state index in [9.17, 15) is 0 Å². The molecule has 0 bridgehead atoms. The van der Waals surface area contributed by atoms with Crippen LogP contribution in [0.5, 0.6) is 0 Å². The molecule has 0 unspecified atom stereocenters. The third kappa shape index (κ3) is 3.45. The molecule has 0 aromatic carbocycles. The first-order chi connectivity index (χ1) is 5.86. The lowest BCUT2D eigenvalue weighted by atomic mass is 10.3. The van der Waals surface area contributed by atoms with Gasteiger partial charge in [-0.25, -0.2) is 0 Å². The summed E-state index contributed by atoms with van der Waals surface area (Å²) in [7, 11) is 0. The molecule has 0 aliphatic heterocycles. The van der Waals surface area contributed by atoms with Crippen LogP contribution in [0.2, 0.25) is 0 Å². The number of nitrogens with zero attached hydrogens (tertiary/aromatic N) is 1. The van der Waals surface area contributed by atoms with Crippen LogP contribution in [0.1, 0.15) is 19.4 Å². The van der Waals surface area contributed by atoms with Crippen molar-refractivity contribution in [3.63, 3.8) is 0 Å². The van der Waals surface area contributed by atoms with Gasteiger partial charge in [0.25, 0.3) is 0 Å². The molecule has 0 atom stereocenters. The number of pyridine rings is 1. The topological polar surface area (TPSA) is 12.9 Å². The third-order valence-electron chi connectivity index (χ3n) is 1.12. The number of thioether (sulfide) groups is 1. The lowest BCUT2D eigenvalue weighted by molar-refractivity contribution is 1.23. The van der Waals surface area contributed by atoms with Crippen LogP contribution in [0.4, 0.5) is 0 Å². The van der Waals surface area contributed by atoms with Crippen molar-refractivity contribution < 1.29 is 0 Å². The lowest BCUT2D eigenvalue weighted by Gasteiger charge is -1.93. The fraction of sp³-hybridized carbons (Fsp3) is 0.300. The second kappa shape index (κ2) is 6.75. The zero-order chi connectivity index (χ0) is 9.40. The Labute approximate surface area is 78.6 Å². The molecule has 1 nitrogen and oxygen atoms in total. The summed E-state index contributed by atoms with van der Waals surface area (Å²) in [5, 5.41) is 0. The molecule has 0 N–H and O–H groups in total. The molecule has 0 saturated carbocycles. The van der Waals surface area contributed by atoms with Gasteiger partial charge in [0.2, 0.25) is 0 Å². The van der Waals surface area contributed by atoms with Crippen LogP contribution in [0.15, 0.2) is 23.4 Å². The van der Waals surface area contributed by atoms with Crippen LogP contribution in [0.25, 0.3) is 0 Å². The lowest BCUT2D eigenvalue weighted by Crippen LogP contribution is -1.78. The Bertz CT molecular complexity index is 263. The molecule has 1 aromatic heterocycles. The SMILES string of the molecule is C#Cc1cncc(SC)c1.CC. The minimum Gasteiger partial charge on any atom is -0.262 e. The van der Waals surface area contributed by atoms with Gasteiger partial charge in [0.1, 0.15) is 0 Å². The first kappa shape index (κ1) is 11.1. The van der Waals surface area contributed by atoms with Gasteiger partial charge in [-0.2, -0.15) is 0 Å². The van der Waals surface area contributed by atoms with E-state index in [-0.39, 0.29) is 0 Å². The molecule has 12 heavy (non-hydrogen) atoms. The van der Waals surface area contributed by atoms with Gasteiger partial charge in [0.15, 0.2) is 0 Å². The van der Waals surface area contributed by atoms with Crippen molar-refractivity contribution in [2.45, 2.75) is 18.7 Å². The van der Waals surface area contributed by atoms with Crippen molar-refractivity contribution in [2.75, 3.05) is 6.26 Å². The van der Waals surface area contributed by atoms with Crippen molar-refractivity contribution in [1.82, 2.24) is 4.98 Å². The molecule has 0 amide bonds. The predicted molar refractivity (Wildman–Crippen MR) is 55.3 cm³/mol. The molecular formula is C10H13NS. The highest BCUT2D eigenvalue weighted by Gasteiger charge is 1.89. The van der Waals surface area contributed by atoms with E-state index in [0.717, 1.165) is 10.5 Å². The summed E-state index contributed by atoms with van der Waals surface area (Å²) in [4.78, 5) is 5.07. The average molecular weight is 179 g/mol. The normalized spacial score (nSPS) is 7.83. The zero-order valence-electron chi connectivity index (χ0n) is 7.66. The molecule has 64 valence electrons. The number of rotatable bonds is 1. The molecule has 2 heteroatoms. The van der Waals surface area contributed by atoms with Gasteiger partial charge in [-0.15, -0.1) is 18.2 Å². The van der Waals surface area contributed by atoms with Crippen molar-refractivity contribution in [2.24, 2.45) is 0 Å². The molecule has 0 fully saturated rings. The third-order valence-corrected chi connectivity index (χ3v) is 1.81. The number of hydrogen-bond acceptors (Lipinski definition) is 2. The van der Waals surface area contributed by atoms with Crippen molar-refractivity contribution in [3.8, 4) is 12.3 Å². The van der Waals surface area contributed by atoms with E-state index >= 15 is 0 Å². The molecule has 0 radical (unpaired) electrons. The first-order valence-electron chi connectivity index (χ1n) is 3.82. The average Bonchev–Trinajstić information content (AvgIpc) is 2.21. The summed E-state index contributed by atoms with van der Waals surface area (Å²) in [6.07, 6.45) is 10.6. The summed E-state index contributed by atoms with van der Waals surface area (Å²) in [6, 6.07) is 1.94. The van der Waals surface area contributed by atoms with Crippen LogP contribution in [0.3, 0.4) is 0 Å². The maximum atomic E-state index is 5.17. The van der Waals surface area contributed by atoms with Crippen LogP contribution in [-0.4, -0.2) is 11.2 Å². The summed E-state index contributed by atoms with van der Waals surface area (Å²) < 4.78 is 0. The predicted octanol–water partition coefficient (Wildman–Crippen LogP) is 2.81. The van der Waals surface area contributed by atoms with Crippen molar-refractivity contribution in [1.29, 1.82) is 0 Å². The first-order valence-corrected chi connectivity index (χ1v) is 5.05. The van der Waals surface area contributed by atoms with Crippen molar-refractivity contribution >= 4 is 11.8 Å². The highest BCUT2D eigenvalue weighted by atomic mass is 32.2. The van der Waals surface area contributed by atoms with Crippen LogP contribution < -0.4 is 0 Å². The van der Waals surface area contributed by atoms with E-state index in [1.165, 1.54) is 0 Å². The number of hydrogen-bond donors (Lipinski definition) is 0. The Morgan fingerprint density at radius 3 is 2.58 bits per heavy atom. The van der Waals surface area contributed by atoms with E-state index in [4.69, 9.17) is 6.42 Å². The minimum atomic E-state index is 0.840. The fourth-order valence-electron chi connectivity index (χ4n) is 0.609. The summed E-state index contributed by atoms with van der Waals surface area (Å²) >= 11 is 1.64. The van der Waals surface area contributed by atoms with E-state index in [1.54, 1.807) is 24.2 Å². The quantitative estimate of drug-likeness (QED) is 0.485. The molecule has 1 heterocycles. The van der Waals surface area contributed by atoms with Crippen LogP contribution in [0, 0.1) is 12.3 Å². The van der Waals surface area contributed by atoms with E-state index in [0.29, 0.717) is 0 Å². The van der Waals surface area contributed by atoms with E-state index < -0.39 is 0 Å². The largest absolute Gasteiger partial charge is 0.262 e. The van der Waals surface area contributed by atoms with Gasteiger partial charge >= 0.3 is 0 Å². The second-order valence-electron chi connectivity index (χ2n) is 1.76. The monoisotopic (exact) mass is 179 g/mol. The molecule has 0 aliphatic rings. The molecule has 1 rings (SSSR count). The maximum absolute atomic E-state index is 5.17. The van der Waals surface area contributed by atoms with E-state index in [1.807, 2.05) is 26.2 Å². The summed E-state index contributed by atoms with van der Waals surface area (Å²) in [5.74, 6) is 2.53. The highest BCUT2D eigenvalue weighted by molar-refractivity contribution is 7.98. The smallest absolute Gasteiger partial charge is 0.0437 e. The Hall–Kier alpha value is -0.940. The zero-order valence-corrected chi connectivity index (χ0v) is 8.48. The summed E-state index contributed by atoms with van der Waals surface area (Å²) in [5.41, 5.74) is 0.840. The standard InChI is InChI=1S/C8H7NS.C2H6/c1-3-7-4-8(10-2)6-9-5-7;1-2/h1,4-6H,2H3;1-2H3. The van der Waals surface area contributed by atoms with Gasteiger partial charge in [-0.05, 0) is 12.3 Å². The van der Waals surface area contributed by atoms with Gasteiger partial charge in [-0.1, -0.05) is 19.8 Å². The molecule has 0 aliphatic carbocycles. The van der Waals surface area contributed by atoms with E-state index in [2.05, 4.69) is 10.9 Å². The fourth-order valence-corrected chi connectivity index (χ4v) is 1.02. The Balaban J connectivity index is 0.000000561. The Morgan fingerprint density at radius 2 is 2.08 bits per heavy atom. The minimum absolute atomic E-state index is 0.840. The van der Waals surface area contributed by atoms with Gasteiger partial charge < -0.3 is 0 Å². The molecule has 0 saturated heterocycles. The molecule has 0 spiro atoms. The highest BCUT2D eigenvalue weighted by Crippen LogP contribution is 2.12. The van der Waals surface area contributed by atoms with Gasteiger partial charge in [-0.3, -0.25) is 4.98 Å². The van der Waals surface area contributed by atoms with Gasteiger partial charge in [0, 0.05) is 22.9 Å². The van der Waals surface area contributed by atoms with Crippen LogP contribution >= 0.6 is 11.8 Å². The molecule has 1 aromatic rings. The van der Waals surface area contributed by atoms with Crippen LogP contribution in [-0.2, 0) is 0 Å². The molecular weight excluding hydrogens is 166 g/mol. The van der Waals surface area contributed by atoms with Crippen molar-refractivity contribution in [3.05, 3.63) is 24.0 Å². The number of aromatic nitrogens is 1. The second-order valence-corrected chi connectivity index (χ2v) is 2.64. The van der Waals surface area contributed by atoms with Gasteiger partial charge in [0.05, 0.1) is 0 Å². The Morgan fingerprint density at radius 1 is 1.42 bits per heavy atom. The maximum Gasteiger partial charge on any atom is 0.0437 e.